The smallest absolute Gasteiger partial charge is 0.158 e. The summed E-state index contributed by atoms with van der Waals surface area (Å²) >= 11 is 0. The number of hydrogen-bond acceptors (Lipinski definition) is 5. The Labute approximate surface area is 213 Å². The number of nitrogens with zero attached hydrogens (tertiary/aromatic N) is 3. The molecule has 6 nitrogen and oxygen atoms in total. The van der Waals surface area contributed by atoms with Crippen LogP contribution in [0.4, 0.5) is 11.5 Å². The number of fused-ring (bicyclic) bond motifs is 1. The number of aromatic nitrogens is 3. The molecule has 0 spiro atoms. The maximum Gasteiger partial charge on any atom is 0.158 e. The van der Waals surface area contributed by atoms with Gasteiger partial charge in [0, 0.05) is 25.0 Å². The number of allylic oxidation sites excluding steroid dienone is 1. The Morgan fingerprint density at radius 3 is 2.65 bits per heavy atom. The molecule has 4 rings (SSSR count). The minimum absolute atomic E-state index is 0. The summed E-state index contributed by atoms with van der Waals surface area (Å²) in [5.74, 6) is 2.90. The Hall–Kier alpha value is -3.06. The molecule has 0 unspecified atom stereocenters. The Kier molecular flexibility index (Phi) is 9.93. The molecule has 4 aromatic rings. The van der Waals surface area contributed by atoms with E-state index in [4.69, 9.17) is 10.5 Å². The average Bonchev–Trinajstić information content (AvgIpc) is 3.19. The van der Waals surface area contributed by atoms with E-state index in [1.165, 1.54) is 0 Å². The second-order valence-corrected chi connectivity index (χ2v) is 8.14. The van der Waals surface area contributed by atoms with Gasteiger partial charge in [0.2, 0.25) is 0 Å². The highest BCUT2D eigenvalue weighted by molar-refractivity contribution is 5.88. The molecule has 0 aliphatic heterocycles. The second kappa shape index (κ2) is 12.4. The van der Waals surface area contributed by atoms with E-state index < -0.39 is 0 Å². The zero-order valence-corrected chi connectivity index (χ0v) is 21.2. The number of ether oxygens (including phenoxy) is 1. The van der Waals surface area contributed by atoms with Crippen LogP contribution in [-0.2, 0) is 6.54 Å². The zero-order chi connectivity index (χ0) is 22.5. The summed E-state index contributed by atoms with van der Waals surface area (Å²) in [7, 11) is 0. The van der Waals surface area contributed by atoms with Crippen molar-refractivity contribution in [3.8, 4) is 11.5 Å². The summed E-state index contributed by atoms with van der Waals surface area (Å²) < 4.78 is 8.24. The van der Waals surface area contributed by atoms with Crippen molar-refractivity contribution in [1.82, 2.24) is 14.5 Å². The first-order chi connectivity index (χ1) is 15.5. The molecule has 0 aliphatic carbocycles. The fourth-order valence-corrected chi connectivity index (χ4v) is 3.54. The number of aryl methyl sites for hydroxylation is 1. The van der Waals surface area contributed by atoms with Crippen molar-refractivity contribution < 1.29 is 4.74 Å². The molecule has 2 aromatic heterocycles. The summed E-state index contributed by atoms with van der Waals surface area (Å²) in [4.78, 5) is 8.81. The van der Waals surface area contributed by atoms with E-state index in [1.54, 1.807) is 6.33 Å². The van der Waals surface area contributed by atoms with E-state index in [0.717, 1.165) is 45.2 Å². The van der Waals surface area contributed by atoms with Crippen LogP contribution in [-0.4, -0.2) is 21.1 Å². The van der Waals surface area contributed by atoms with Crippen LogP contribution in [0.25, 0.3) is 17.1 Å². The Morgan fingerprint density at radius 2 is 1.91 bits per heavy atom. The van der Waals surface area contributed by atoms with E-state index in [2.05, 4.69) is 58.0 Å². The highest BCUT2D eigenvalue weighted by Crippen LogP contribution is 2.30. The van der Waals surface area contributed by atoms with Gasteiger partial charge in [0.05, 0.1) is 5.52 Å². The lowest BCUT2D eigenvalue weighted by Gasteiger charge is -2.13. The van der Waals surface area contributed by atoms with Gasteiger partial charge < -0.3 is 20.4 Å². The van der Waals surface area contributed by atoms with E-state index in [1.807, 2.05) is 49.5 Å². The molecule has 0 saturated carbocycles. The summed E-state index contributed by atoms with van der Waals surface area (Å²) in [5, 5.41) is 3.42. The first-order valence-corrected chi connectivity index (χ1v) is 10.9. The van der Waals surface area contributed by atoms with Gasteiger partial charge in [-0.1, -0.05) is 38.1 Å². The molecule has 0 saturated heterocycles. The van der Waals surface area contributed by atoms with Crippen molar-refractivity contribution in [3.63, 3.8) is 0 Å². The van der Waals surface area contributed by atoms with Crippen LogP contribution >= 0.6 is 24.8 Å². The standard InChI is InChI=1S/C26H29N5O.2ClH/c1-18(2)7-8-20-5-4-6-22(16-20)32-24-10-9-21(15-19(24)3)30-26-25-23(28-17-29-26)11-13-31(25)14-12-27;;/h4-11,13,15-18H,12,14,27H2,1-3H3,(H,28,29,30);2*1H. The van der Waals surface area contributed by atoms with Crippen LogP contribution in [0.5, 0.6) is 11.5 Å². The molecular weight excluding hydrogens is 469 g/mol. The molecule has 34 heavy (non-hydrogen) atoms. The van der Waals surface area contributed by atoms with Crippen molar-refractivity contribution in [3.05, 3.63) is 78.3 Å². The van der Waals surface area contributed by atoms with Crippen molar-refractivity contribution in [1.29, 1.82) is 0 Å². The largest absolute Gasteiger partial charge is 0.457 e. The van der Waals surface area contributed by atoms with E-state index >= 15 is 0 Å². The van der Waals surface area contributed by atoms with Crippen molar-refractivity contribution in [2.75, 3.05) is 11.9 Å². The lowest BCUT2D eigenvalue weighted by molar-refractivity contribution is 0.479. The van der Waals surface area contributed by atoms with Crippen LogP contribution in [0.15, 0.2) is 67.1 Å². The Balaban J connectivity index is 0.00000204. The molecule has 2 heterocycles. The summed E-state index contributed by atoms with van der Waals surface area (Å²) in [6, 6.07) is 16.1. The summed E-state index contributed by atoms with van der Waals surface area (Å²) in [6.07, 6.45) is 7.87. The number of nitrogens with two attached hydrogens (primary N) is 1. The predicted octanol–water partition coefficient (Wildman–Crippen LogP) is 6.75. The van der Waals surface area contributed by atoms with Gasteiger partial charge in [0.15, 0.2) is 5.82 Å². The van der Waals surface area contributed by atoms with Gasteiger partial charge in [0.25, 0.3) is 0 Å². The Morgan fingerprint density at radius 1 is 1.09 bits per heavy atom. The molecule has 8 heteroatoms. The van der Waals surface area contributed by atoms with E-state index in [-0.39, 0.29) is 24.8 Å². The van der Waals surface area contributed by atoms with Gasteiger partial charge in [0.1, 0.15) is 23.3 Å². The molecule has 180 valence electrons. The second-order valence-electron chi connectivity index (χ2n) is 8.14. The third-order valence-electron chi connectivity index (χ3n) is 5.12. The maximum atomic E-state index is 6.17. The molecule has 3 N–H and O–H groups in total. The van der Waals surface area contributed by atoms with Gasteiger partial charge in [-0.3, -0.25) is 0 Å². The minimum Gasteiger partial charge on any atom is -0.457 e. The first kappa shape index (κ1) is 27.2. The van der Waals surface area contributed by atoms with E-state index in [9.17, 15) is 0 Å². The quantitative estimate of drug-likeness (QED) is 0.280. The van der Waals surface area contributed by atoms with Crippen LogP contribution in [0.1, 0.15) is 25.0 Å². The van der Waals surface area contributed by atoms with E-state index in [0.29, 0.717) is 19.0 Å². The Bertz CT molecular complexity index is 1250. The lowest BCUT2D eigenvalue weighted by Crippen LogP contribution is -2.10. The van der Waals surface area contributed by atoms with Crippen LogP contribution < -0.4 is 15.8 Å². The number of rotatable bonds is 8. The SMILES string of the molecule is Cc1cc(Nc2ncnc3ccn(CCN)c23)ccc1Oc1cccc(C=CC(C)C)c1.Cl.Cl. The maximum absolute atomic E-state index is 6.17. The monoisotopic (exact) mass is 499 g/mol. The first-order valence-electron chi connectivity index (χ1n) is 10.9. The average molecular weight is 500 g/mol. The fourth-order valence-electron chi connectivity index (χ4n) is 3.54. The summed E-state index contributed by atoms with van der Waals surface area (Å²) in [5.41, 5.74) is 10.7. The van der Waals surface area contributed by atoms with Crippen molar-refractivity contribution in [2.24, 2.45) is 11.7 Å². The van der Waals surface area contributed by atoms with Gasteiger partial charge in [-0.15, -0.1) is 24.8 Å². The highest BCUT2D eigenvalue weighted by Gasteiger charge is 2.10. The van der Waals surface area contributed by atoms with Gasteiger partial charge >= 0.3 is 0 Å². The summed E-state index contributed by atoms with van der Waals surface area (Å²) in [6.45, 7) is 7.63. The van der Waals surface area contributed by atoms with Gasteiger partial charge in [-0.05, 0) is 60.4 Å². The lowest BCUT2D eigenvalue weighted by atomic mass is 10.1. The normalized spacial score (nSPS) is 10.9. The molecular formula is C26H31Cl2N5O. The highest BCUT2D eigenvalue weighted by atomic mass is 35.5. The zero-order valence-electron chi connectivity index (χ0n) is 19.6. The van der Waals surface area contributed by atoms with Crippen LogP contribution in [0, 0.1) is 12.8 Å². The number of anilines is 2. The third kappa shape index (κ3) is 6.50. The third-order valence-corrected chi connectivity index (χ3v) is 5.12. The van der Waals surface area contributed by atoms with Gasteiger partial charge in [-0.2, -0.15) is 0 Å². The molecule has 0 amide bonds. The number of benzene rings is 2. The van der Waals surface area contributed by atoms with Crippen LogP contribution in [0.2, 0.25) is 0 Å². The minimum atomic E-state index is 0. The molecule has 0 atom stereocenters. The van der Waals surface area contributed by atoms with Crippen molar-refractivity contribution >= 4 is 53.4 Å². The molecule has 0 fully saturated rings. The van der Waals surface area contributed by atoms with Crippen LogP contribution in [0.3, 0.4) is 0 Å². The topological polar surface area (TPSA) is 78.0 Å². The molecule has 0 radical (unpaired) electrons. The fraction of sp³-hybridized carbons (Fsp3) is 0.231. The number of halogens is 2. The molecule has 0 aliphatic rings. The van der Waals surface area contributed by atoms with Gasteiger partial charge in [-0.25, -0.2) is 9.97 Å². The number of nitrogens with one attached hydrogen (secondary N) is 1. The molecule has 0 bridgehead atoms. The number of hydrogen-bond donors (Lipinski definition) is 2. The molecule has 2 aromatic carbocycles. The van der Waals surface area contributed by atoms with Crippen molar-refractivity contribution in [2.45, 2.75) is 27.3 Å². The predicted molar refractivity (Wildman–Crippen MR) is 146 cm³/mol.